The van der Waals surface area contributed by atoms with Crippen LogP contribution in [0.4, 0.5) is 4.39 Å². The number of likely N-dealkylation sites (tertiary alicyclic amines) is 1. The Morgan fingerprint density at radius 2 is 2.07 bits per heavy atom. The van der Waals surface area contributed by atoms with E-state index in [1.54, 1.807) is 12.3 Å². The van der Waals surface area contributed by atoms with Gasteiger partial charge in [-0.25, -0.2) is 4.39 Å². The number of para-hydroxylation sites is 1. The van der Waals surface area contributed by atoms with Crippen LogP contribution in [0.25, 0.3) is 11.1 Å². The molecule has 2 heterocycles. The number of aromatic nitrogens is 2. The van der Waals surface area contributed by atoms with Crippen molar-refractivity contribution in [3.05, 3.63) is 72.3 Å². The molecular weight excluding hydrogens is 369 g/mol. The van der Waals surface area contributed by atoms with Crippen LogP contribution in [0.2, 0.25) is 0 Å². The number of nitrogens with one attached hydrogen (secondary N) is 1. The average molecular weight is 393 g/mol. The van der Waals surface area contributed by atoms with E-state index < -0.39 is 0 Å². The van der Waals surface area contributed by atoms with Crippen molar-refractivity contribution < 1.29 is 13.9 Å². The van der Waals surface area contributed by atoms with Crippen LogP contribution < -0.4 is 4.74 Å². The third-order valence-corrected chi connectivity index (χ3v) is 5.31. The number of aromatic amines is 1. The number of carbonyl (C=O) groups excluding carboxylic acids is 1. The molecule has 1 aliphatic rings. The van der Waals surface area contributed by atoms with Gasteiger partial charge in [0.1, 0.15) is 11.6 Å². The second-order valence-corrected chi connectivity index (χ2v) is 7.30. The van der Waals surface area contributed by atoms with E-state index in [1.807, 2.05) is 41.3 Å². The van der Waals surface area contributed by atoms with E-state index in [4.69, 9.17) is 4.74 Å². The molecule has 1 fully saturated rings. The molecule has 150 valence electrons. The number of benzene rings is 2. The zero-order valence-electron chi connectivity index (χ0n) is 16.2. The lowest BCUT2D eigenvalue weighted by Gasteiger charge is -2.33. The van der Waals surface area contributed by atoms with Crippen molar-refractivity contribution in [1.82, 2.24) is 15.1 Å². The van der Waals surface area contributed by atoms with Gasteiger partial charge in [0.25, 0.3) is 0 Å². The second kappa shape index (κ2) is 8.90. The molecule has 6 heteroatoms. The molecule has 1 aliphatic heterocycles. The van der Waals surface area contributed by atoms with Gasteiger partial charge in [0.15, 0.2) is 0 Å². The van der Waals surface area contributed by atoms with Crippen molar-refractivity contribution >= 4 is 5.91 Å². The maximum absolute atomic E-state index is 13.6. The second-order valence-electron chi connectivity index (χ2n) is 7.30. The van der Waals surface area contributed by atoms with E-state index in [9.17, 15) is 9.18 Å². The van der Waals surface area contributed by atoms with Gasteiger partial charge < -0.3 is 9.64 Å². The van der Waals surface area contributed by atoms with Crippen LogP contribution in [0.5, 0.6) is 5.75 Å². The highest BCUT2D eigenvalue weighted by atomic mass is 19.1. The SMILES string of the molecule is O=C(CCOc1ccccc1)N1CCCC(c2[nH]ncc2-c2cccc(F)c2)C1. The lowest BCUT2D eigenvalue weighted by molar-refractivity contribution is -0.132. The Bertz CT molecular complexity index is 958. The molecule has 0 saturated carbocycles. The molecule has 1 unspecified atom stereocenters. The predicted molar refractivity (Wildman–Crippen MR) is 109 cm³/mol. The van der Waals surface area contributed by atoms with Crippen LogP contribution in [0.3, 0.4) is 0 Å². The smallest absolute Gasteiger partial charge is 0.226 e. The molecule has 1 aromatic heterocycles. The normalized spacial score (nSPS) is 16.6. The monoisotopic (exact) mass is 393 g/mol. The summed E-state index contributed by atoms with van der Waals surface area (Å²) in [6, 6.07) is 16.0. The van der Waals surface area contributed by atoms with Gasteiger partial charge in [-0.3, -0.25) is 9.89 Å². The van der Waals surface area contributed by atoms with Gasteiger partial charge in [-0.15, -0.1) is 0 Å². The summed E-state index contributed by atoms with van der Waals surface area (Å²) in [6.45, 7) is 1.75. The Balaban J connectivity index is 1.39. The number of halogens is 1. The molecule has 1 amide bonds. The van der Waals surface area contributed by atoms with Crippen molar-refractivity contribution in [2.75, 3.05) is 19.7 Å². The quantitative estimate of drug-likeness (QED) is 0.676. The maximum atomic E-state index is 13.6. The van der Waals surface area contributed by atoms with Crippen molar-refractivity contribution in [1.29, 1.82) is 0 Å². The fourth-order valence-electron chi connectivity index (χ4n) is 3.86. The molecule has 29 heavy (non-hydrogen) atoms. The van der Waals surface area contributed by atoms with E-state index in [1.165, 1.54) is 12.1 Å². The van der Waals surface area contributed by atoms with E-state index in [0.717, 1.165) is 42.0 Å². The molecule has 0 radical (unpaired) electrons. The lowest BCUT2D eigenvalue weighted by atomic mass is 9.90. The Kier molecular flexibility index (Phi) is 5.89. The van der Waals surface area contributed by atoms with E-state index >= 15 is 0 Å². The largest absolute Gasteiger partial charge is 0.493 e. The van der Waals surface area contributed by atoms with Gasteiger partial charge in [-0.1, -0.05) is 30.3 Å². The zero-order valence-corrected chi connectivity index (χ0v) is 16.2. The van der Waals surface area contributed by atoms with Gasteiger partial charge in [0.2, 0.25) is 5.91 Å². The van der Waals surface area contributed by atoms with Gasteiger partial charge in [0.05, 0.1) is 19.2 Å². The van der Waals surface area contributed by atoms with Crippen LogP contribution in [0.1, 0.15) is 30.9 Å². The van der Waals surface area contributed by atoms with Crippen molar-refractivity contribution in [2.45, 2.75) is 25.2 Å². The number of H-pyrrole nitrogens is 1. The number of piperidine rings is 1. The minimum Gasteiger partial charge on any atom is -0.493 e. The lowest BCUT2D eigenvalue weighted by Crippen LogP contribution is -2.39. The number of hydrogen-bond donors (Lipinski definition) is 1. The first-order chi connectivity index (χ1) is 14.2. The standard InChI is InChI=1S/C23H24FN3O2/c24-19-8-4-6-17(14-19)21-15-25-26-23(21)18-7-5-12-27(16-18)22(28)11-13-29-20-9-2-1-3-10-20/h1-4,6,8-10,14-15,18H,5,7,11-13,16H2,(H,25,26). The first-order valence-electron chi connectivity index (χ1n) is 9.95. The van der Waals surface area contributed by atoms with Crippen LogP contribution in [0, 0.1) is 5.82 Å². The fraction of sp³-hybridized carbons (Fsp3) is 0.304. The van der Waals surface area contributed by atoms with Gasteiger partial charge in [0, 0.05) is 30.3 Å². The first kappa shape index (κ1) is 19.2. The number of carbonyl (C=O) groups is 1. The predicted octanol–water partition coefficient (Wildman–Crippen LogP) is 4.39. The Labute approximate surface area is 169 Å². The molecule has 2 aromatic carbocycles. The van der Waals surface area contributed by atoms with Crippen LogP contribution in [-0.4, -0.2) is 40.7 Å². The Morgan fingerprint density at radius 1 is 1.21 bits per heavy atom. The summed E-state index contributed by atoms with van der Waals surface area (Å²) < 4.78 is 19.3. The highest BCUT2D eigenvalue weighted by Gasteiger charge is 2.27. The third kappa shape index (κ3) is 4.65. The van der Waals surface area contributed by atoms with E-state index in [2.05, 4.69) is 10.2 Å². The molecule has 4 rings (SSSR count). The fourth-order valence-corrected chi connectivity index (χ4v) is 3.86. The molecule has 0 spiro atoms. The summed E-state index contributed by atoms with van der Waals surface area (Å²) in [5.74, 6) is 0.753. The van der Waals surface area contributed by atoms with E-state index in [-0.39, 0.29) is 17.6 Å². The highest BCUT2D eigenvalue weighted by Crippen LogP contribution is 2.33. The highest BCUT2D eigenvalue weighted by molar-refractivity contribution is 5.76. The van der Waals surface area contributed by atoms with Crippen molar-refractivity contribution in [3.8, 4) is 16.9 Å². The molecule has 5 nitrogen and oxygen atoms in total. The van der Waals surface area contributed by atoms with E-state index in [0.29, 0.717) is 19.6 Å². The van der Waals surface area contributed by atoms with Gasteiger partial charge >= 0.3 is 0 Å². The van der Waals surface area contributed by atoms with Gasteiger partial charge in [-0.05, 0) is 42.7 Å². The minimum absolute atomic E-state index is 0.0949. The molecule has 1 N–H and O–H groups in total. The number of nitrogens with zero attached hydrogens (tertiary/aromatic N) is 2. The van der Waals surface area contributed by atoms with Crippen LogP contribution in [-0.2, 0) is 4.79 Å². The number of hydrogen-bond acceptors (Lipinski definition) is 3. The Hall–Kier alpha value is -3.15. The minimum atomic E-state index is -0.270. The summed E-state index contributed by atoms with van der Waals surface area (Å²) in [6.07, 6.45) is 3.98. The van der Waals surface area contributed by atoms with Crippen LogP contribution in [0.15, 0.2) is 60.8 Å². The maximum Gasteiger partial charge on any atom is 0.226 e. The number of ether oxygens (including phenoxy) is 1. The summed E-state index contributed by atoms with van der Waals surface area (Å²) in [4.78, 5) is 14.6. The molecule has 1 saturated heterocycles. The zero-order chi connectivity index (χ0) is 20.1. The first-order valence-corrected chi connectivity index (χ1v) is 9.95. The molecule has 0 aliphatic carbocycles. The van der Waals surface area contributed by atoms with Crippen molar-refractivity contribution in [2.24, 2.45) is 0 Å². The van der Waals surface area contributed by atoms with Gasteiger partial charge in [-0.2, -0.15) is 5.10 Å². The Morgan fingerprint density at radius 3 is 2.90 bits per heavy atom. The van der Waals surface area contributed by atoms with Crippen LogP contribution >= 0.6 is 0 Å². The topological polar surface area (TPSA) is 58.2 Å². The molecule has 1 atom stereocenters. The molecule has 3 aromatic rings. The summed E-state index contributed by atoms with van der Waals surface area (Å²) in [7, 11) is 0. The third-order valence-electron chi connectivity index (χ3n) is 5.31. The summed E-state index contributed by atoms with van der Waals surface area (Å²) >= 11 is 0. The summed E-state index contributed by atoms with van der Waals surface area (Å²) in [5, 5.41) is 7.27. The number of amides is 1. The molecular formula is C23H24FN3O2. The number of rotatable bonds is 6. The average Bonchev–Trinajstić information content (AvgIpc) is 3.25. The summed E-state index contributed by atoms with van der Waals surface area (Å²) in [5.41, 5.74) is 2.67. The van der Waals surface area contributed by atoms with Crippen molar-refractivity contribution in [3.63, 3.8) is 0 Å². The molecule has 0 bridgehead atoms.